The topological polar surface area (TPSA) is 84.4 Å². The summed E-state index contributed by atoms with van der Waals surface area (Å²) in [6, 6.07) is 15.9. The van der Waals surface area contributed by atoms with Gasteiger partial charge in [-0.25, -0.2) is 9.78 Å². The fourth-order valence-corrected chi connectivity index (χ4v) is 5.57. The average Bonchev–Trinajstić information content (AvgIpc) is 3.38. The molecule has 0 bridgehead atoms. The van der Waals surface area contributed by atoms with Gasteiger partial charge in [-0.15, -0.1) is 0 Å². The number of methoxy groups -OCH3 is 1. The van der Waals surface area contributed by atoms with Crippen LogP contribution in [0.4, 0.5) is 10.5 Å². The number of nitrogens with zero attached hydrogens (tertiary/aromatic N) is 4. The number of aromatic nitrogens is 1. The van der Waals surface area contributed by atoms with Gasteiger partial charge in [0.2, 0.25) is 5.91 Å². The molecule has 0 saturated carbocycles. The number of fused-ring (bicyclic) bond motifs is 2. The Kier molecular flexibility index (Phi) is 7.98. The molecular weight excluding hydrogens is 520 g/mol. The summed E-state index contributed by atoms with van der Waals surface area (Å²) < 4.78 is 16.8. The lowest BCUT2D eigenvalue weighted by Gasteiger charge is -2.30. The molecular formula is C32H40N4O5. The van der Waals surface area contributed by atoms with Crippen molar-refractivity contribution in [1.82, 2.24) is 14.8 Å². The second-order valence-electron chi connectivity index (χ2n) is 12.0. The molecule has 3 aromatic rings. The molecule has 2 aliphatic rings. The third-order valence-corrected chi connectivity index (χ3v) is 7.86. The molecule has 41 heavy (non-hydrogen) atoms. The van der Waals surface area contributed by atoms with Crippen molar-refractivity contribution < 1.29 is 23.8 Å². The smallest absolute Gasteiger partial charge is 0.410 e. The van der Waals surface area contributed by atoms with E-state index in [0.717, 1.165) is 53.1 Å². The lowest BCUT2D eigenvalue weighted by molar-refractivity contribution is -0.137. The molecule has 0 radical (unpaired) electrons. The number of ether oxygens (including phenoxy) is 3. The molecule has 218 valence electrons. The van der Waals surface area contributed by atoms with Crippen molar-refractivity contribution in [3.8, 4) is 22.8 Å². The number of benzene rings is 2. The number of carbonyl (C=O) groups excluding carboxylic acids is 2. The van der Waals surface area contributed by atoms with Crippen LogP contribution in [-0.4, -0.2) is 86.4 Å². The van der Waals surface area contributed by atoms with Crippen molar-refractivity contribution in [3.05, 3.63) is 48.5 Å². The monoisotopic (exact) mass is 560 g/mol. The predicted molar refractivity (Wildman–Crippen MR) is 160 cm³/mol. The van der Waals surface area contributed by atoms with Crippen LogP contribution in [0.5, 0.6) is 11.5 Å². The standard InChI is InChI=1S/C32H40N4O5/c1-32(2,3)41-31(38)35(5)15-16-40-23-9-7-21(8-10-23)27-18-29(25-12-11-24(39-6)17-28(25)33-27)36-19-22-13-14-34(4)30(37)26(22)20-36/h7-12,17-18,22,26H,13-16,19-20H2,1-6H3. The Morgan fingerprint density at radius 2 is 1.80 bits per heavy atom. The van der Waals surface area contributed by atoms with Crippen molar-refractivity contribution in [1.29, 1.82) is 0 Å². The molecule has 2 amide bonds. The maximum atomic E-state index is 12.9. The van der Waals surface area contributed by atoms with E-state index >= 15 is 0 Å². The van der Waals surface area contributed by atoms with Gasteiger partial charge in [0.1, 0.15) is 23.7 Å². The van der Waals surface area contributed by atoms with Crippen molar-refractivity contribution in [2.24, 2.45) is 11.8 Å². The summed E-state index contributed by atoms with van der Waals surface area (Å²) in [7, 11) is 5.26. The first-order chi connectivity index (χ1) is 19.5. The summed E-state index contributed by atoms with van der Waals surface area (Å²) in [5.41, 5.74) is 3.20. The summed E-state index contributed by atoms with van der Waals surface area (Å²) in [5, 5.41) is 1.04. The van der Waals surface area contributed by atoms with Crippen LogP contribution in [0, 0.1) is 11.8 Å². The van der Waals surface area contributed by atoms with Crippen LogP contribution in [0.1, 0.15) is 27.2 Å². The molecule has 0 N–H and O–H groups in total. The molecule has 9 nitrogen and oxygen atoms in total. The normalized spacial score (nSPS) is 18.8. The lowest BCUT2D eigenvalue weighted by Crippen LogP contribution is -2.42. The van der Waals surface area contributed by atoms with E-state index < -0.39 is 5.60 Å². The second kappa shape index (κ2) is 11.5. The van der Waals surface area contributed by atoms with Gasteiger partial charge in [-0.1, -0.05) is 0 Å². The highest BCUT2D eigenvalue weighted by molar-refractivity contribution is 5.95. The van der Waals surface area contributed by atoms with Crippen molar-refractivity contribution in [3.63, 3.8) is 0 Å². The first kappa shape index (κ1) is 28.5. The van der Waals surface area contributed by atoms with Crippen molar-refractivity contribution >= 4 is 28.6 Å². The van der Waals surface area contributed by atoms with E-state index in [1.54, 1.807) is 14.2 Å². The quantitative estimate of drug-likeness (QED) is 0.399. The van der Waals surface area contributed by atoms with Gasteiger partial charge in [-0.2, -0.15) is 0 Å². The third-order valence-electron chi connectivity index (χ3n) is 7.86. The third kappa shape index (κ3) is 6.34. The van der Waals surface area contributed by atoms with Gasteiger partial charge in [-0.05, 0) is 75.6 Å². The summed E-state index contributed by atoms with van der Waals surface area (Å²) in [6.45, 7) is 8.68. The zero-order chi connectivity index (χ0) is 29.3. The van der Waals surface area contributed by atoms with E-state index in [1.807, 2.05) is 69.1 Å². The summed E-state index contributed by atoms with van der Waals surface area (Å²) in [4.78, 5) is 35.8. The predicted octanol–water partition coefficient (Wildman–Crippen LogP) is 5.07. The van der Waals surface area contributed by atoms with Gasteiger partial charge in [0.25, 0.3) is 0 Å². The number of pyridine rings is 1. The van der Waals surface area contributed by atoms with Gasteiger partial charge in [0, 0.05) is 56.4 Å². The average molecular weight is 561 g/mol. The van der Waals surface area contributed by atoms with Crippen LogP contribution < -0.4 is 14.4 Å². The number of hydrogen-bond acceptors (Lipinski definition) is 7. The second-order valence-corrected chi connectivity index (χ2v) is 12.0. The summed E-state index contributed by atoms with van der Waals surface area (Å²) in [5.74, 6) is 2.11. The van der Waals surface area contributed by atoms with Crippen molar-refractivity contribution in [2.45, 2.75) is 32.8 Å². The maximum Gasteiger partial charge on any atom is 0.410 e. The maximum absolute atomic E-state index is 12.9. The molecule has 3 heterocycles. The minimum Gasteiger partial charge on any atom is -0.497 e. The number of carbonyl (C=O) groups is 2. The van der Waals surface area contributed by atoms with Crippen LogP contribution in [0.25, 0.3) is 22.2 Å². The number of likely N-dealkylation sites (tertiary alicyclic amines) is 1. The lowest BCUT2D eigenvalue weighted by atomic mass is 9.88. The van der Waals surface area contributed by atoms with E-state index in [1.165, 1.54) is 4.90 Å². The fraction of sp³-hybridized carbons (Fsp3) is 0.469. The molecule has 2 aromatic carbocycles. The molecule has 9 heteroatoms. The van der Waals surface area contributed by atoms with Gasteiger partial charge >= 0.3 is 6.09 Å². The number of piperidine rings is 1. The number of likely N-dealkylation sites (N-methyl/N-ethyl adjacent to an activating group) is 1. The van der Waals surface area contributed by atoms with Gasteiger partial charge in [0.15, 0.2) is 0 Å². The zero-order valence-electron chi connectivity index (χ0n) is 24.8. The Labute approximate surface area is 242 Å². The number of anilines is 1. The number of rotatable bonds is 7. The molecule has 2 aliphatic heterocycles. The van der Waals surface area contributed by atoms with Crippen LogP contribution >= 0.6 is 0 Å². The first-order valence-electron chi connectivity index (χ1n) is 14.2. The van der Waals surface area contributed by atoms with E-state index in [9.17, 15) is 9.59 Å². The van der Waals surface area contributed by atoms with Crippen LogP contribution in [-0.2, 0) is 9.53 Å². The first-order valence-corrected chi connectivity index (χ1v) is 14.2. The molecule has 2 saturated heterocycles. The molecule has 2 atom stereocenters. The zero-order valence-corrected chi connectivity index (χ0v) is 24.8. The van der Waals surface area contributed by atoms with Gasteiger partial charge in [0.05, 0.1) is 30.8 Å². The fourth-order valence-electron chi connectivity index (χ4n) is 5.57. The van der Waals surface area contributed by atoms with Crippen LogP contribution in [0.3, 0.4) is 0 Å². The van der Waals surface area contributed by atoms with E-state index in [-0.39, 0.29) is 17.9 Å². The van der Waals surface area contributed by atoms with Gasteiger partial charge < -0.3 is 28.9 Å². The molecule has 0 aliphatic carbocycles. The van der Waals surface area contributed by atoms with E-state index in [4.69, 9.17) is 19.2 Å². The van der Waals surface area contributed by atoms with Crippen LogP contribution in [0.15, 0.2) is 48.5 Å². The molecule has 2 fully saturated rings. The Balaban J connectivity index is 1.34. The van der Waals surface area contributed by atoms with Crippen LogP contribution in [0.2, 0.25) is 0 Å². The van der Waals surface area contributed by atoms with Crippen molar-refractivity contribution in [2.75, 3.05) is 58.9 Å². The largest absolute Gasteiger partial charge is 0.497 e. The molecule has 1 aromatic heterocycles. The minimum absolute atomic E-state index is 0.0319. The molecule has 2 unspecified atom stereocenters. The molecule has 5 rings (SSSR count). The Bertz CT molecular complexity index is 1420. The number of hydrogen-bond donors (Lipinski definition) is 0. The Morgan fingerprint density at radius 1 is 1.07 bits per heavy atom. The Morgan fingerprint density at radius 3 is 2.51 bits per heavy atom. The van der Waals surface area contributed by atoms with E-state index in [2.05, 4.69) is 17.0 Å². The SMILES string of the molecule is COc1ccc2c(N3CC4CCN(C)C(=O)C4C3)cc(-c3ccc(OCCN(C)C(=O)OC(C)(C)C)cc3)nc2c1. The molecule has 0 spiro atoms. The highest BCUT2D eigenvalue weighted by Crippen LogP contribution is 2.39. The Hall–Kier alpha value is -4.01. The minimum atomic E-state index is -0.537. The van der Waals surface area contributed by atoms with E-state index in [0.29, 0.717) is 31.4 Å². The highest BCUT2D eigenvalue weighted by atomic mass is 16.6. The number of amides is 2. The summed E-state index contributed by atoms with van der Waals surface area (Å²) in [6.07, 6.45) is 0.655. The summed E-state index contributed by atoms with van der Waals surface area (Å²) >= 11 is 0. The highest BCUT2D eigenvalue weighted by Gasteiger charge is 2.42. The van der Waals surface area contributed by atoms with Gasteiger partial charge in [-0.3, -0.25) is 4.79 Å².